The van der Waals surface area contributed by atoms with Crippen LogP contribution in [0.4, 0.5) is 5.69 Å². The first-order valence-electron chi connectivity index (χ1n) is 10.3. The van der Waals surface area contributed by atoms with Gasteiger partial charge in [-0.05, 0) is 55.3 Å². The zero-order valence-corrected chi connectivity index (χ0v) is 17.5. The van der Waals surface area contributed by atoms with Gasteiger partial charge < -0.3 is 10.0 Å². The smallest absolute Gasteiger partial charge is 0.258 e. The van der Waals surface area contributed by atoms with Crippen LogP contribution in [0.3, 0.4) is 0 Å². The molecule has 30 heavy (non-hydrogen) atoms. The number of piperidine rings is 1. The highest BCUT2D eigenvalue weighted by molar-refractivity contribution is 6.30. The van der Waals surface area contributed by atoms with Crippen molar-refractivity contribution in [2.45, 2.75) is 25.4 Å². The van der Waals surface area contributed by atoms with E-state index in [-0.39, 0.29) is 17.7 Å². The predicted molar refractivity (Wildman–Crippen MR) is 121 cm³/mol. The molecule has 1 heterocycles. The van der Waals surface area contributed by atoms with Crippen LogP contribution in [0, 0.1) is 0 Å². The number of phenols is 1. The Balaban J connectivity index is 1.49. The summed E-state index contributed by atoms with van der Waals surface area (Å²) in [6, 6.07) is 24.6. The predicted octanol–water partition coefficient (Wildman–Crippen LogP) is 5.36. The van der Waals surface area contributed by atoms with E-state index in [1.54, 1.807) is 12.1 Å². The summed E-state index contributed by atoms with van der Waals surface area (Å²) in [7, 11) is 0. The highest BCUT2D eigenvalue weighted by Crippen LogP contribution is 2.28. The van der Waals surface area contributed by atoms with Gasteiger partial charge in [0, 0.05) is 47.5 Å². The lowest BCUT2D eigenvalue weighted by atomic mass is 10.00. The fraction of sp³-hybridized carbons (Fsp3) is 0.240. The topological polar surface area (TPSA) is 43.8 Å². The van der Waals surface area contributed by atoms with Crippen LogP contribution in [0.1, 0.15) is 28.8 Å². The van der Waals surface area contributed by atoms with Crippen LogP contribution in [0.15, 0.2) is 78.9 Å². The SMILES string of the molecule is O=C(c1ccccc1)N(c1ccccc1)C1CCN(Cc2cc(Cl)ccc2O)CC1. The molecule has 0 saturated carbocycles. The zero-order valence-electron chi connectivity index (χ0n) is 16.7. The van der Waals surface area contributed by atoms with Crippen molar-refractivity contribution >= 4 is 23.2 Å². The number of halogens is 1. The molecule has 0 aromatic heterocycles. The van der Waals surface area contributed by atoms with E-state index < -0.39 is 0 Å². The average Bonchev–Trinajstić information content (AvgIpc) is 2.79. The van der Waals surface area contributed by atoms with Crippen molar-refractivity contribution in [3.8, 4) is 5.75 Å². The third-order valence-corrected chi connectivity index (χ3v) is 5.87. The molecule has 0 atom stereocenters. The number of carbonyl (C=O) groups excluding carboxylic acids is 1. The lowest BCUT2D eigenvalue weighted by Crippen LogP contribution is -2.47. The first-order chi connectivity index (χ1) is 14.6. The molecule has 5 heteroatoms. The fourth-order valence-electron chi connectivity index (χ4n) is 4.06. The molecule has 1 saturated heterocycles. The average molecular weight is 421 g/mol. The highest BCUT2D eigenvalue weighted by atomic mass is 35.5. The number of benzene rings is 3. The molecule has 1 fully saturated rings. The Morgan fingerprint density at radius 2 is 1.60 bits per heavy atom. The molecule has 1 amide bonds. The second kappa shape index (κ2) is 9.33. The molecule has 0 radical (unpaired) electrons. The number of likely N-dealkylation sites (tertiary alicyclic amines) is 1. The Labute approximate surface area is 182 Å². The molecule has 154 valence electrons. The summed E-state index contributed by atoms with van der Waals surface area (Å²) in [5, 5.41) is 10.7. The van der Waals surface area contributed by atoms with Crippen molar-refractivity contribution in [1.29, 1.82) is 0 Å². The third kappa shape index (κ3) is 4.66. The molecule has 4 nitrogen and oxygen atoms in total. The summed E-state index contributed by atoms with van der Waals surface area (Å²) in [6.07, 6.45) is 1.74. The molecule has 0 bridgehead atoms. The molecule has 1 aliphatic heterocycles. The van der Waals surface area contributed by atoms with E-state index in [4.69, 9.17) is 11.6 Å². The van der Waals surface area contributed by atoms with Crippen molar-refractivity contribution < 1.29 is 9.90 Å². The van der Waals surface area contributed by atoms with Crippen molar-refractivity contribution in [2.75, 3.05) is 18.0 Å². The lowest BCUT2D eigenvalue weighted by Gasteiger charge is -2.38. The summed E-state index contributed by atoms with van der Waals surface area (Å²) in [5.74, 6) is 0.305. The Morgan fingerprint density at radius 3 is 2.27 bits per heavy atom. The minimum absolute atomic E-state index is 0.0349. The van der Waals surface area contributed by atoms with Crippen LogP contribution in [0.2, 0.25) is 5.02 Å². The van der Waals surface area contributed by atoms with Gasteiger partial charge in [-0.2, -0.15) is 0 Å². The highest BCUT2D eigenvalue weighted by Gasteiger charge is 2.30. The maximum absolute atomic E-state index is 13.4. The van der Waals surface area contributed by atoms with Crippen molar-refractivity contribution in [3.05, 3.63) is 95.0 Å². The summed E-state index contributed by atoms with van der Waals surface area (Å²) in [5.41, 5.74) is 2.46. The molecule has 3 aromatic carbocycles. The number of phenolic OH excluding ortho intramolecular Hbond substituents is 1. The van der Waals surface area contributed by atoms with E-state index in [1.807, 2.05) is 71.6 Å². The minimum Gasteiger partial charge on any atom is -0.508 e. The van der Waals surface area contributed by atoms with Crippen LogP contribution in [-0.2, 0) is 6.54 Å². The minimum atomic E-state index is 0.0349. The standard InChI is InChI=1S/C25H25ClN2O2/c26-21-11-12-24(29)20(17-21)18-27-15-13-23(14-16-27)28(22-9-5-2-6-10-22)25(30)19-7-3-1-4-8-19/h1-12,17,23,29H,13-16,18H2. The first-order valence-corrected chi connectivity index (χ1v) is 10.6. The molecule has 1 N–H and O–H groups in total. The third-order valence-electron chi connectivity index (χ3n) is 5.63. The van der Waals surface area contributed by atoms with E-state index in [1.165, 1.54) is 0 Å². The number of hydrogen-bond acceptors (Lipinski definition) is 3. The molecule has 1 aliphatic rings. The van der Waals surface area contributed by atoms with E-state index in [9.17, 15) is 9.90 Å². The summed E-state index contributed by atoms with van der Waals surface area (Å²) in [6.45, 7) is 2.35. The van der Waals surface area contributed by atoms with Gasteiger partial charge >= 0.3 is 0 Å². The monoisotopic (exact) mass is 420 g/mol. The van der Waals surface area contributed by atoms with Crippen LogP contribution in [0.5, 0.6) is 5.75 Å². The number of hydrogen-bond donors (Lipinski definition) is 1. The number of amides is 1. The Kier molecular flexibility index (Phi) is 6.36. The molecule has 3 aromatic rings. The van der Waals surface area contributed by atoms with Gasteiger partial charge in [0.2, 0.25) is 0 Å². The quantitative estimate of drug-likeness (QED) is 0.604. The first kappa shape index (κ1) is 20.5. The number of rotatable bonds is 5. The summed E-state index contributed by atoms with van der Waals surface area (Å²) < 4.78 is 0. The lowest BCUT2D eigenvalue weighted by molar-refractivity contribution is 0.0958. The number of anilines is 1. The molecule has 0 spiro atoms. The summed E-state index contributed by atoms with van der Waals surface area (Å²) >= 11 is 6.09. The number of carbonyl (C=O) groups is 1. The van der Waals surface area contributed by atoms with Gasteiger partial charge in [0.1, 0.15) is 5.75 Å². The van der Waals surface area contributed by atoms with E-state index in [0.29, 0.717) is 17.1 Å². The van der Waals surface area contributed by atoms with Gasteiger partial charge in [0.05, 0.1) is 0 Å². The Bertz CT molecular complexity index is 987. The molecule has 4 rings (SSSR count). The van der Waals surface area contributed by atoms with Crippen molar-refractivity contribution in [3.63, 3.8) is 0 Å². The van der Waals surface area contributed by atoms with Gasteiger partial charge in [-0.25, -0.2) is 0 Å². The van der Waals surface area contributed by atoms with Gasteiger partial charge in [0.15, 0.2) is 0 Å². The number of para-hydroxylation sites is 1. The van der Waals surface area contributed by atoms with Crippen LogP contribution < -0.4 is 4.90 Å². The van der Waals surface area contributed by atoms with E-state index >= 15 is 0 Å². The van der Waals surface area contributed by atoms with Gasteiger partial charge in [-0.3, -0.25) is 9.69 Å². The van der Waals surface area contributed by atoms with E-state index in [2.05, 4.69) is 4.90 Å². The molecular weight excluding hydrogens is 396 g/mol. The fourth-order valence-corrected chi connectivity index (χ4v) is 4.25. The number of aromatic hydroxyl groups is 1. The molecule has 0 aliphatic carbocycles. The zero-order chi connectivity index (χ0) is 20.9. The maximum atomic E-state index is 13.4. The molecule has 0 unspecified atom stereocenters. The number of nitrogens with zero attached hydrogens (tertiary/aromatic N) is 2. The Morgan fingerprint density at radius 1 is 0.967 bits per heavy atom. The van der Waals surface area contributed by atoms with Gasteiger partial charge in [-0.15, -0.1) is 0 Å². The summed E-state index contributed by atoms with van der Waals surface area (Å²) in [4.78, 5) is 17.6. The van der Waals surface area contributed by atoms with Gasteiger partial charge in [0.25, 0.3) is 5.91 Å². The van der Waals surface area contributed by atoms with Crippen LogP contribution in [-0.4, -0.2) is 35.0 Å². The molecular formula is C25H25ClN2O2. The second-order valence-corrected chi connectivity index (χ2v) is 8.09. The van der Waals surface area contributed by atoms with Gasteiger partial charge in [-0.1, -0.05) is 48.0 Å². The second-order valence-electron chi connectivity index (χ2n) is 7.66. The largest absolute Gasteiger partial charge is 0.508 e. The van der Waals surface area contributed by atoms with Crippen molar-refractivity contribution in [1.82, 2.24) is 4.90 Å². The maximum Gasteiger partial charge on any atom is 0.258 e. The van der Waals surface area contributed by atoms with Crippen LogP contribution >= 0.6 is 11.6 Å². The van der Waals surface area contributed by atoms with E-state index in [0.717, 1.165) is 37.2 Å². The normalized spacial score (nSPS) is 15.1. The van der Waals surface area contributed by atoms with Crippen LogP contribution in [0.25, 0.3) is 0 Å². The van der Waals surface area contributed by atoms with Crippen molar-refractivity contribution in [2.24, 2.45) is 0 Å². The Hall–Kier alpha value is -2.82.